The zero-order chi connectivity index (χ0) is 17.4. The molecule has 0 atom stereocenters. The van der Waals surface area contributed by atoms with Gasteiger partial charge in [0.05, 0.1) is 0 Å². The normalized spacial score (nSPS) is 32.6. The quantitative estimate of drug-likeness (QED) is 0.686. The van der Waals surface area contributed by atoms with E-state index in [2.05, 4.69) is 42.7 Å². The van der Waals surface area contributed by atoms with Gasteiger partial charge in [0.25, 0.3) is 0 Å². The van der Waals surface area contributed by atoms with Crippen molar-refractivity contribution >= 4 is 23.0 Å². The number of rotatable bonds is 5. The van der Waals surface area contributed by atoms with Gasteiger partial charge in [0, 0.05) is 11.7 Å². The molecule has 3 heteroatoms. The summed E-state index contributed by atoms with van der Waals surface area (Å²) in [6, 6.07) is 7.36. The summed E-state index contributed by atoms with van der Waals surface area (Å²) < 4.78 is 0. The molecule has 0 spiro atoms. The van der Waals surface area contributed by atoms with E-state index in [-0.39, 0.29) is 0 Å². The molecule has 5 rings (SSSR count). The Labute approximate surface area is 158 Å². The fourth-order valence-electron chi connectivity index (χ4n) is 5.87. The van der Waals surface area contributed by atoms with Crippen LogP contribution in [0.15, 0.2) is 18.2 Å². The van der Waals surface area contributed by atoms with Gasteiger partial charge in [0.1, 0.15) is 0 Å². The number of nitrogens with one attached hydrogen (secondary N) is 2. The van der Waals surface area contributed by atoms with Crippen molar-refractivity contribution in [2.45, 2.75) is 71.3 Å². The minimum absolute atomic E-state index is 0.608. The molecule has 0 aliphatic heterocycles. The average molecular weight is 357 g/mol. The topological polar surface area (TPSA) is 24.1 Å². The average Bonchev–Trinajstić information content (AvgIpc) is 2.58. The molecule has 1 aromatic carbocycles. The van der Waals surface area contributed by atoms with E-state index < -0.39 is 0 Å². The SMILES string of the molecule is CCCCc1ccc(NC(=S)NC2C3CC4CC(C3)CC2C4)c(C)c1. The van der Waals surface area contributed by atoms with Gasteiger partial charge in [0.15, 0.2) is 5.11 Å². The molecule has 0 radical (unpaired) electrons. The van der Waals surface area contributed by atoms with Crippen LogP contribution < -0.4 is 10.6 Å². The first-order valence-electron chi connectivity index (χ1n) is 10.3. The van der Waals surface area contributed by atoms with Crippen molar-refractivity contribution in [3.63, 3.8) is 0 Å². The Hall–Kier alpha value is -1.09. The van der Waals surface area contributed by atoms with Crippen LogP contribution >= 0.6 is 12.2 Å². The summed E-state index contributed by atoms with van der Waals surface area (Å²) in [5, 5.41) is 8.00. The maximum absolute atomic E-state index is 5.68. The van der Waals surface area contributed by atoms with E-state index in [1.165, 1.54) is 62.5 Å². The Kier molecular flexibility index (Phi) is 5.04. The molecule has 4 fully saturated rings. The number of thiocarbonyl (C=S) groups is 1. The molecule has 2 nitrogen and oxygen atoms in total. The molecule has 4 aliphatic rings. The number of aryl methyl sites for hydroxylation is 2. The molecule has 136 valence electrons. The molecule has 0 unspecified atom stereocenters. The summed E-state index contributed by atoms with van der Waals surface area (Å²) in [4.78, 5) is 0. The number of hydrogen-bond acceptors (Lipinski definition) is 1. The molecule has 0 saturated heterocycles. The number of hydrogen-bond donors (Lipinski definition) is 2. The minimum atomic E-state index is 0.608. The monoisotopic (exact) mass is 356 g/mol. The predicted octanol–water partition coefficient (Wildman–Crippen LogP) is 5.45. The van der Waals surface area contributed by atoms with Crippen LogP contribution in [0.25, 0.3) is 0 Å². The standard InChI is InChI=1S/C22H32N2S/c1-3-4-5-15-6-7-20(14(2)8-15)23-22(25)24-21-18-10-16-9-17(12-18)13-19(21)11-16/h6-8,16-19,21H,3-5,9-13H2,1-2H3,(H2,23,24,25). The first kappa shape index (κ1) is 17.3. The van der Waals surface area contributed by atoms with Crippen molar-refractivity contribution in [1.29, 1.82) is 0 Å². The molecule has 1 aromatic rings. The van der Waals surface area contributed by atoms with Gasteiger partial charge in [-0.15, -0.1) is 0 Å². The Bertz CT molecular complexity index is 611. The summed E-state index contributed by atoms with van der Waals surface area (Å²) in [7, 11) is 0. The molecule has 0 heterocycles. The summed E-state index contributed by atoms with van der Waals surface area (Å²) >= 11 is 5.68. The van der Waals surface area contributed by atoms with Gasteiger partial charge in [-0.3, -0.25) is 0 Å². The summed E-state index contributed by atoms with van der Waals surface area (Å²) in [5.41, 5.74) is 3.88. The molecule has 4 saturated carbocycles. The third-order valence-corrected chi connectivity index (χ3v) is 7.10. The van der Waals surface area contributed by atoms with Gasteiger partial charge in [-0.25, -0.2) is 0 Å². The molecule has 25 heavy (non-hydrogen) atoms. The van der Waals surface area contributed by atoms with Crippen LogP contribution in [0.2, 0.25) is 0 Å². The lowest BCUT2D eigenvalue weighted by Crippen LogP contribution is -2.56. The van der Waals surface area contributed by atoms with Crippen LogP contribution in [0.4, 0.5) is 5.69 Å². The van der Waals surface area contributed by atoms with E-state index in [0.717, 1.165) is 34.5 Å². The van der Waals surface area contributed by atoms with Crippen molar-refractivity contribution in [3.8, 4) is 0 Å². The van der Waals surface area contributed by atoms with E-state index >= 15 is 0 Å². The molecular weight excluding hydrogens is 324 g/mol. The highest BCUT2D eigenvalue weighted by molar-refractivity contribution is 7.80. The molecule has 4 aliphatic carbocycles. The number of benzene rings is 1. The van der Waals surface area contributed by atoms with E-state index in [4.69, 9.17) is 12.2 Å². The van der Waals surface area contributed by atoms with Crippen LogP contribution in [-0.4, -0.2) is 11.2 Å². The maximum atomic E-state index is 5.68. The van der Waals surface area contributed by atoms with Crippen molar-refractivity contribution in [2.24, 2.45) is 23.7 Å². The lowest BCUT2D eigenvalue weighted by Gasteiger charge is -2.54. The summed E-state index contributed by atoms with van der Waals surface area (Å²) in [6.07, 6.45) is 10.9. The van der Waals surface area contributed by atoms with Crippen molar-refractivity contribution in [2.75, 3.05) is 5.32 Å². The summed E-state index contributed by atoms with van der Waals surface area (Å²) in [6.45, 7) is 4.43. The minimum Gasteiger partial charge on any atom is -0.359 e. The molecule has 2 N–H and O–H groups in total. The van der Waals surface area contributed by atoms with Gasteiger partial charge in [-0.1, -0.05) is 25.5 Å². The van der Waals surface area contributed by atoms with Crippen LogP contribution in [-0.2, 0) is 6.42 Å². The fourth-order valence-corrected chi connectivity index (χ4v) is 6.12. The van der Waals surface area contributed by atoms with Gasteiger partial charge in [-0.05, 0) is 105 Å². The van der Waals surface area contributed by atoms with Crippen molar-refractivity contribution in [3.05, 3.63) is 29.3 Å². The Balaban J connectivity index is 1.36. The van der Waals surface area contributed by atoms with Crippen LogP contribution in [0.5, 0.6) is 0 Å². The highest BCUT2D eigenvalue weighted by Gasteiger charge is 2.48. The van der Waals surface area contributed by atoms with E-state index in [0.29, 0.717) is 6.04 Å². The first-order valence-corrected chi connectivity index (χ1v) is 10.7. The van der Waals surface area contributed by atoms with E-state index in [1.807, 2.05) is 0 Å². The molecule has 0 amide bonds. The van der Waals surface area contributed by atoms with Crippen LogP contribution in [0.1, 0.15) is 63.0 Å². The molecule has 0 aromatic heterocycles. The van der Waals surface area contributed by atoms with Crippen LogP contribution in [0.3, 0.4) is 0 Å². The lowest BCUT2D eigenvalue weighted by molar-refractivity contribution is -0.00665. The lowest BCUT2D eigenvalue weighted by atomic mass is 9.54. The number of unbranched alkanes of at least 4 members (excludes halogenated alkanes) is 1. The van der Waals surface area contributed by atoms with Crippen LogP contribution in [0, 0.1) is 30.6 Å². The first-order chi connectivity index (χ1) is 12.1. The van der Waals surface area contributed by atoms with Gasteiger partial charge in [-0.2, -0.15) is 0 Å². The third-order valence-electron chi connectivity index (χ3n) is 6.88. The summed E-state index contributed by atoms with van der Waals surface area (Å²) in [5.74, 6) is 3.74. The van der Waals surface area contributed by atoms with E-state index in [1.54, 1.807) is 0 Å². The Morgan fingerprint density at radius 2 is 1.76 bits per heavy atom. The third kappa shape index (κ3) is 3.72. The van der Waals surface area contributed by atoms with Gasteiger partial charge in [0.2, 0.25) is 0 Å². The fraction of sp³-hybridized carbons (Fsp3) is 0.682. The largest absolute Gasteiger partial charge is 0.359 e. The number of anilines is 1. The van der Waals surface area contributed by atoms with Crippen molar-refractivity contribution < 1.29 is 0 Å². The van der Waals surface area contributed by atoms with E-state index in [9.17, 15) is 0 Å². The highest BCUT2D eigenvalue weighted by atomic mass is 32.1. The second-order valence-electron chi connectivity index (χ2n) is 8.81. The Morgan fingerprint density at radius 1 is 1.08 bits per heavy atom. The predicted molar refractivity (Wildman–Crippen MR) is 110 cm³/mol. The zero-order valence-electron chi connectivity index (χ0n) is 15.7. The highest BCUT2D eigenvalue weighted by Crippen LogP contribution is 2.53. The smallest absolute Gasteiger partial charge is 0.171 e. The zero-order valence-corrected chi connectivity index (χ0v) is 16.5. The van der Waals surface area contributed by atoms with Crippen molar-refractivity contribution in [1.82, 2.24) is 5.32 Å². The molecular formula is C22H32N2S. The maximum Gasteiger partial charge on any atom is 0.171 e. The second-order valence-corrected chi connectivity index (χ2v) is 9.22. The Morgan fingerprint density at radius 3 is 2.36 bits per heavy atom. The molecule has 4 bridgehead atoms. The second kappa shape index (κ2) is 7.26. The van der Waals surface area contributed by atoms with Gasteiger partial charge >= 0.3 is 0 Å². The van der Waals surface area contributed by atoms with Gasteiger partial charge < -0.3 is 10.6 Å².